The average molecular weight is 362 g/mol. The van der Waals surface area contributed by atoms with Gasteiger partial charge in [-0.1, -0.05) is 37.3 Å². The molecule has 2 rings (SSSR count). The molecule has 134 valence electrons. The molecule has 6 nitrogen and oxygen atoms in total. The Kier molecular flexibility index (Phi) is 5.47. The number of para-hydroxylation sites is 1. The third-order valence-electron chi connectivity index (χ3n) is 3.51. The number of hydrogen-bond acceptors (Lipinski definition) is 5. The van der Waals surface area contributed by atoms with E-state index in [4.69, 9.17) is 17.0 Å². The van der Waals surface area contributed by atoms with Crippen molar-refractivity contribution in [1.82, 2.24) is 4.90 Å². The fraction of sp³-hybridized carbons (Fsp3) is 0.389. The highest BCUT2D eigenvalue weighted by Gasteiger charge is 2.39. The van der Waals surface area contributed by atoms with Gasteiger partial charge >= 0.3 is 6.09 Å². The molecule has 2 N–H and O–H groups in total. The number of carbonyl (C=O) groups excluding carboxylic acids is 2. The molecule has 0 aromatic heterocycles. The van der Waals surface area contributed by atoms with Crippen molar-refractivity contribution in [3.05, 3.63) is 41.7 Å². The van der Waals surface area contributed by atoms with Gasteiger partial charge in [0.25, 0.3) is 5.91 Å². The van der Waals surface area contributed by atoms with E-state index >= 15 is 0 Å². The maximum Gasteiger partial charge on any atom is 0.417 e. The normalized spacial score (nSPS) is 18.2. The summed E-state index contributed by atoms with van der Waals surface area (Å²) in [7, 11) is 0. The third-order valence-corrected chi connectivity index (χ3v) is 3.82. The number of imide groups is 1. The molecule has 0 fully saturated rings. The van der Waals surface area contributed by atoms with Crippen LogP contribution in [0.5, 0.6) is 0 Å². The lowest BCUT2D eigenvalue weighted by atomic mass is 9.98. The second-order valence-electron chi connectivity index (χ2n) is 6.88. The minimum atomic E-state index is -0.753. The van der Waals surface area contributed by atoms with E-state index in [0.717, 1.165) is 4.90 Å². The molecule has 0 spiro atoms. The van der Waals surface area contributed by atoms with Crippen molar-refractivity contribution < 1.29 is 19.4 Å². The van der Waals surface area contributed by atoms with Crippen LogP contribution in [0.1, 0.15) is 27.7 Å². The standard InChI is InChI=1S/C18H22N2O4S/c1-11-10-20(17(23)24-18(2,3)4)16(22)13(14(11)21)15(25)19-12-8-6-5-7-9-12/h5-9,11,21H,10H2,1-4H3,(H,19,25). The molecule has 1 unspecified atom stereocenters. The summed E-state index contributed by atoms with van der Waals surface area (Å²) in [6, 6.07) is 9.05. The summed E-state index contributed by atoms with van der Waals surface area (Å²) >= 11 is 5.28. The zero-order valence-electron chi connectivity index (χ0n) is 14.7. The lowest BCUT2D eigenvalue weighted by Crippen LogP contribution is -2.48. The van der Waals surface area contributed by atoms with E-state index in [9.17, 15) is 14.7 Å². The summed E-state index contributed by atoms with van der Waals surface area (Å²) in [5.41, 5.74) is -0.127. The Morgan fingerprint density at radius 3 is 2.48 bits per heavy atom. The van der Waals surface area contributed by atoms with E-state index in [0.29, 0.717) is 5.69 Å². The summed E-state index contributed by atoms with van der Waals surface area (Å²) in [6.45, 7) is 6.91. The molecule has 7 heteroatoms. The molecular weight excluding hydrogens is 340 g/mol. The van der Waals surface area contributed by atoms with Crippen LogP contribution in [0, 0.1) is 5.92 Å². The molecule has 1 aliphatic heterocycles. The lowest BCUT2D eigenvalue weighted by Gasteiger charge is -2.32. The monoisotopic (exact) mass is 362 g/mol. The van der Waals surface area contributed by atoms with Crippen LogP contribution in [0.25, 0.3) is 0 Å². The maximum absolute atomic E-state index is 12.7. The van der Waals surface area contributed by atoms with Crippen molar-refractivity contribution in [1.29, 1.82) is 0 Å². The smallest absolute Gasteiger partial charge is 0.417 e. The van der Waals surface area contributed by atoms with E-state index in [2.05, 4.69) is 5.32 Å². The van der Waals surface area contributed by atoms with E-state index in [1.807, 2.05) is 18.2 Å². The SMILES string of the molecule is CC1CN(C(=O)OC(C)(C)C)C(=O)C(C(=S)Nc2ccccc2)=C1O. The Balaban J connectivity index is 2.26. The fourth-order valence-electron chi connectivity index (χ4n) is 2.34. The zero-order valence-corrected chi connectivity index (χ0v) is 15.5. The number of benzene rings is 1. The molecule has 0 bridgehead atoms. The summed E-state index contributed by atoms with van der Waals surface area (Å²) in [4.78, 5) is 26.1. The van der Waals surface area contributed by atoms with Gasteiger partial charge in [0.15, 0.2) is 0 Å². The lowest BCUT2D eigenvalue weighted by molar-refractivity contribution is -0.127. The number of nitrogens with zero attached hydrogens (tertiary/aromatic N) is 1. The molecule has 0 aliphatic carbocycles. The highest BCUT2D eigenvalue weighted by molar-refractivity contribution is 7.81. The predicted molar refractivity (Wildman–Crippen MR) is 99.4 cm³/mol. The van der Waals surface area contributed by atoms with Gasteiger partial charge in [-0.3, -0.25) is 4.79 Å². The number of hydrogen-bond donors (Lipinski definition) is 2. The average Bonchev–Trinajstić information content (AvgIpc) is 2.50. The first-order valence-electron chi connectivity index (χ1n) is 7.94. The third kappa shape index (κ3) is 4.57. The molecule has 2 amide bonds. The Bertz CT molecular complexity index is 722. The van der Waals surface area contributed by atoms with Crippen molar-refractivity contribution in [2.24, 2.45) is 5.92 Å². The number of aliphatic hydroxyl groups excluding tert-OH is 1. The highest BCUT2D eigenvalue weighted by Crippen LogP contribution is 2.26. The first kappa shape index (κ1) is 18.9. The molecule has 0 radical (unpaired) electrons. The maximum atomic E-state index is 12.7. The van der Waals surface area contributed by atoms with Crippen molar-refractivity contribution >= 4 is 34.9 Å². The number of nitrogens with one attached hydrogen (secondary N) is 1. The number of rotatable bonds is 2. The van der Waals surface area contributed by atoms with Crippen LogP contribution in [0.3, 0.4) is 0 Å². The molecule has 1 aromatic carbocycles. The molecule has 0 saturated carbocycles. The first-order valence-corrected chi connectivity index (χ1v) is 8.35. The van der Waals surface area contributed by atoms with Crippen LogP contribution in [0.15, 0.2) is 41.7 Å². The Morgan fingerprint density at radius 2 is 1.92 bits per heavy atom. The highest BCUT2D eigenvalue weighted by atomic mass is 32.1. The quantitative estimate of drug-likeness (QED) is 0.782. The van der Waals surface area contributed by atoms with Crippen LogP contribution >= 0.6 is 12.2 Å². The number of ether oxygens (including phenoxy) is 1. The van der Waals surface area contributed by atoms with Crippen LogP contribution in [-0.4, -0.2) is 39.1 Å². The van der Waals surface area contributed by atoms with E-state index in [1.54, 1.807) is 39.8 Å². The van der Waals surface area contributed by atoms with Crippen LogP contribution in [0.4, 0.5) is 10.5 Å². The summed E-state index contributed by atoms with van der Waals surface area (Å²) in [5.74, 6) is -1.23. The Hall–Kier alpha value is -2.41. The van der Waals surface area contributed by atoms with Gasteiger partial charge in [0.2, 0.25) is 0 Å². The van der Waals surface area contributed by atoms with E-state index in [-0.39, 0.29) is 22.9 Å². The first-order chi connectivity index (χ1) is 11.6. The van der Waals surface area contributed by atoms with Gasteiger partial charge < -0.3 is 15.2 Å². The van der Waals surface area contributed by atoms with Gasteiger partial charge in [-0.15, -0.1) is 0 Å². The molecule has 1 heterocycles. The Morgan fingerprint density at radius 1 is 1.32 bits per heavy atom. The zero-order chi connectivity index (χ0) is 18.8. The second-order valence-corrected chi connectivity index (χ2v) is 7.29. The van der Waals surface area contributed by atoms with Gasteiger partial charge in [-0.25, -0.2) is 9.69 Å². The van der Waals surface area contributed by atoms with Crippen LogP contribution < -0.4 is 5.32 Å². The molecule has 1 atom stereocenters. The van der Waals surface area contributed by atoms with Crippen molar-refractivity contribution in [2.45, 2.75) is 33.3 Å². The van der Waals surface area contributed by atoms with Gasteiger partial charge in [-0.05, 0) is 32.9 Å². The predicted octanol–water partition coefficient (Wildman–Crippen LogP) is 3.65. The molecule has 1 aromatic rings. The Labute approximate surface area is 152 Å². The molecular formula is C18H22N2O4S. The summed E-state index contributed by atoms with van der Waals surface area (Å²) in [6.07, 6.45) is -0.753. The van der Waals surface area contributed by atoms with Crippen LogP contribution in [-0.2, 0) is 9.53 Å². The molecule has 1 aliphatic rings. The summed E-state index contributed by atoms with van der Waals surface area (Å²) < 4.78 is 5.28. The van der Waals surface area contributed by atoms with Crippen molar-refractivity contribution in [3.63, 3.8) is 0 Å². The largest absolute Gasteiger partial charge is 0.511 e. The number of thiocarbonyl (C=S) groups is 1. The van der Waals surface area contributed by atoms with Gasteiger partial charge in [0.05, 0.1) is 0 Å². The van der Waals surface area contributed by atoms with Gasteiger partial charge in [0, 0.05) is 18.2 Å². The van der Waals surface area contributed by atoms with E-state index in [1.165, 1.54) is 0 Å². The van der Waals surface area contributed by atoms with Crippen molar-refractivity contribution in [3.8, 4) is 0 Å². The van der Waals surface area contributed by atoms with Crippen LogP contribution in [0.2, 0.25) is 0 Å². The number of aliphatic hydroxyl groups is 1. The number of amides is 2. The van der Waals surface area contributed by atoms with Gasteiger partial charge in [-0.2, -0.15) is 0 Å². The fourth-order valence-corrected chi connectivity index (χ4v) is 2.65. The second kappa shape index (κ2) is 7.23. The number of anilines is 1. The number of carbonyl (C=O) groups is 2. The molecule has 25 heavy (non-hydrogen) atoms. The summed E-state index contributed by atoms with van der Waals surface area (Å²) in [5, 5.41) is 13.3. The topological polar surface area (TPSA) is 78.9 Å². The van der Waals surface area contributed by atoms with E-state index < -0.39 is 23.5 Å². The van der Waals surface area contributed by atoms with Crippen molar-refractivity contribution in [2.75, 3.05) is 11.9 Å². The molecule has 0 saturated heterocycles. The minimum absolute atomic E-state index is 0.0387. The minimum Gasteiger partial charge on any atom is -0.511 e. The van der Waals surface area contributed by atoms with Gasteiger partial charge in [0.1, 0.15) is 21.9 Å².